The quantitative estimate of drug-likeness (QED) is 0.359. The number of nitrogens with one attached hydrogen (secondary N) is 2. The van der Waals surface area contributed by atoms with E-state index in [2.05, 4.69) is 20.3 Å². The fourth-order valence-electron chi connectivity index (χ4n) is 5.19. The number of β-amino-alcohol motifs (C(OH)–C–C–N with tert-alkyl or cyclic N) is 1. The molecule has 15 heteroatoms. The molecule has 4 heterocycles. The van der Waals surface area contributed by atoms with Gasteiger partial charge in [-0.3, -0.25) is 4.79 Å². The van der Waals surface area contributed by atoms with Crippen LogP contribution in [-0.2, 0) is 10.9 Å². The number of aliphatic hydroxyl groups is 1. The van der Waals surface area contributed by atoms with Gasteiger partial charge in [0.2, 0.25) is 5.95 Å². The molecule has 1 aromatic carbocycles. The lowest BCUT2D eigenvalue weighted by atomic mass is 10.0. The molecule has 0 bridgehead atoms. The third-order valence-electron chi connectivity index (χ3n) is 7.25. The van der Waals surface area contributed by atoms with Crippen molar-refractivity contribution in [2.24, 2.45) is 0 Å². The number of carbonyl (C=O) groups excluding carboxylic acids is 2. The number of amides is 2. The fourth-order valence-corrected chi connectivity index (χ4v) is 5.19. The molecule has 3 aromatic rings. The largest absolute Gasteiger partial charge is 0.444 e. The summed E-state index contributed by atoms with van der Waals surface area (Å²) in [6, 6.07) is 3.75. The highest BCUT2D eigenvalue weighted by Gasteiger charge is 2.49. The van der Waals surface area contributed by atoms with Crippen LogP contribution in [0.5, 0.6) is 0 Å². The van der Waals surface area contributed by atoms with Gasteiger partial charge >= 0.3 is 12.3 Å². The van der Waals surface area contributed by atoms with Gasteiger partial charge < -0.3 is 29.9 Å². The summed E-state index contributed by atoms with van der Waals surface area (Å²) in [5.74, 6) is -4.24. The van der Waals surface area contributed by atoms with E-state index in [0.29, 0.717) is 31.0 Å². The van der Waals surface area contributed by atoms with Gasteiger partial charge in [0.1, 0.15) is 17.3 Å². The third-order valence-corrected chi connectivity index (χ3v) is 7.25. The second kappa shape index (κ2) is 10.9. The van der Waals surface area contributed by atoms with E-state index in [0.717, 1.165) is 4.90 Å². The molecular weight excluding hydrogens is 579 g/mol. The van der Waals surface area contributed by atoms with E-state index >= 15 is 0 Å². The van der Waals surface area contributed by atoms with Crippen LogP contribution in [0.4, 0.5) is 32.7 Å². The molecule has 10 nitrogen and oxygen atoms in total. The number of alkyl halides is 5. The second-order valence-electron chi connectivity index (χ2n) is 11.8. The van der Waals surface area contributed by atoms with Gasteiger partial charge in [-0.1, -0.05) is 6.07 Å². The van der Waals surface area contributed by atoms with E-state index in [4.69, 9.17) is 4.74 Å². The van der Waals surface area contributed by atoms with Crippen LogP contribution in [0.3, 0.4) is 0 Å². The summed E-state index contributed by atoms with van der Waals surface area (Å²) < 4.78 is 75.1. The maximum absolute atomic E-state index is 14.0. The molecule has 232 valence electrons. The Balaban J connectivity index is 1.41. The van der Waals surface area contributed by atoms with Crippen molar-refractivity contribution >= 4 is 28.9 Å². The lowest BCUT2D eigenvalue weighted by molar-refractivity contribution is -0.137. The summed E-state index contributed by atoms with van der Waals surface area (Å²) in [6.45, 7) is 4.51. The summed E-state index contributed by atoms with van der Waals surface area (Å²) in [4.78, 5) is 38.7. The number of rotatable bonds is 4. The first kappa shape index (κ1) is 30.4. The summed E-state index contributed by atoms with van der Waals surface area (Å²) in [7, 11) is 0. The van der Waals surface area contributed by atoms with E-state index in [1.807, 2.05) is 0 Å². The van der Waals surface area contributed by atoms with Gasteiger partial charge in [-0.25, -0.2) is 23.5 Å². The zero-order valence-electron chi connectivity index (χ0n) is 23.6. The molecule has 2 aromatic heterocycles. The minimum absolute atomic E-state index is 0.0266. The molecule has 1 unspecified atom stereocenters. The number of hydrogen-bond acceptors (Lipinski definition) is 7. The highest BCUT2D eigenvalue weighted by molar-refractivity contribution is 6.02. The monoisotopic (exact) mass is 610 g/mol. The number of ether oxygens (including phenoxy) is 1. The second-order valence-corrected chi connectivity index (χ2v) is 11.8. The summed E-state index contributed by atoms with van der Waals surface area (Å²) >= 11 is 0. The Kier molecular flexibility index (Phi) is 7.73. The van der Waals surface area contributed by atoms with E-state index in [1.165, 1.54) is 29.3 Å². The predicted octanol–water partition coefficient (Wildman–Crippen LogP) is 4.91. The first-order chi connectivity index (χ1) is 20.0. The van der Waals surface area contributed by atoms with E-state index in [-0.39, 0.29) is 35.2 Å². The topological polar surface area (TPSA) is 124 Å². The number of piperidine rings is 1. The lowest BCUT2D eigenvalue weighted by Gasteiger charge is -2.34. The van der Waals surface area contributed by atoms with Crippen LogP contribution in [0.25, 0.3) is 22.2 Å². The highest BCUT2D eigenvalue weighted by Crippen LogP contribution is 2.39. The first-order valence-electron chi connectivity index (χ1n) is 13.7. The average molecular weight is 611 g/mol. The van der Waals surface area contributed by atoms with E-state index in [9.17, 15) is 36.6 Å². The van der Waals surface area contributed by atoms with Crippen LogP contribution in [-0.4, -0.2) is 91.7 Å². The molecule has 2 aliphatic rings. The van der Waals surface area contributed by atoms with Crippen molar-refractivity contribution in [1.29, 1.82) is 0 Å². The van der Waals surface area contributed by atoms with Crippen LogP contribution < -0.4 is 5.32 Å². The fraction of sp³-hybridized carbons (Fsp3) is 0.500. The van der Waals surface area contributed by atoms with Crippen LogP contribution in [0.2, 0.25) is 0 Å². The number of halogens is 5. The SMILES string of the molecule is CC(C)(C)OC(=O)N1CCC[C@H](Nc2ncc(C(F)(F)F)c(-c3c[nH]c4cc(C(=O)N5CC(O)C(F)(F)C5)ccc34)n2)C1. The number of benzene rings is 1. The van der Waals surface area contributed by atoms with Gasteiger partial charge in [-0.05, 0) is 45.7 Å². The maximum Gasteiger partial charge on any atom is 0.419 e. The molecule has 2 saturated heterocycles. The maximum atomic E-state index is 14.0. The molecule has 2 aliphatic heterocycles. The molecule has 2 amide bonds. The number of hydrogen-bond donors (Lipinski definition) is 3. The van der Waals surface area contributed by atoms with Gasteiger partial charge in [-0.15, -0.1) is 0 Å². The van der Waals surface area contributed by atoms with Crippen molar-refractivity contribution in [3.8, 4) is 11.3 Å². The minimum Gasteiger partial charge on any atom is -0.444 e. The number of anilines is 1. The molecule has 0 aliphatic carbocycles. The van der Waals surface area contributed by atoms with E-state index < -0.39 is 60.2 Å². The molecule has 0 radical (unpaired) electrons. The Labute approximate surface area is 243 Å². The standard InChI is InChI=1S/C28H31F5N6O4/c1-26(2,3)43-25(42)38-8-4-5-16(12-38)36-24-35-11-19(28(31,32)33)22(37-24)18-10-34-20-9-15(6-7-17(18)20)23(41)39-13-21(40)27(29,30)14-39/h6-7,9-11,16,21,34,40H,4-5,8,12-14H2,1-3H3,(H,35,36,37)/t16-,21?/m0/s1. The van der Waals surface area contributed by atoms with Gasteiger partial charge in [0.25, 0.3) is 11.8 Å². The van der Waals surface area contributed by atoms with Gasteiger partial charge in [-0.2, -0.15) is 13.2 Å². The molecule has 2 atom stereocenters. The predicted molar refractivity (Wildman–Crippen MR) is 146 cm³/mol. The number of carbonyl (C=O) groups is 2. The number of likely N-dealkylation sites (tertiary alicyclic amines) is 2. The van der Waals surface area contributed by atoms with Crippen LogP contribution in [0, 0.1) is 0 Å². The van der Waals surface area contributed by atoms with Crippen LogP contribution in [0.15, 0.2) is 30.6 Å². The number of H-pyrrole nitrogens is 1. The van der Waals surface area contributed by atoms with Crippen molar-refractivity contribution in [1.82, 2.24) is 24.8 Å². The van der Waals surface area contributed by atoms with E-state index in [1.54, 1.807) is 20.8 Å². The lowest BCUT2D eigenvalue weighted by Crippen LogP contribution is -2.47. The normalized spacial score (nSPS) is 20.9. The molecule has 0 saturated carbocycles. The minimum atomic E-state index is -4.78. The molecule has 5 rings (SSSR count). The zero-order chi connectivity index (χ0) is 31.3. The Bertz CT molecular complexity index is 1540. The van der Waals surface area contributed by atoms with Crippen molar-refractivity contribution in [3.63, 3.8) is 0 Å². The number of aromatic amines is 1. The zero-order valence-corrected chi connectivity index (χ0v) is 23.6. The molecule has 0 spiro atoms. The Morgan fingerprint density at radius 3 is 2.56 bits per heavy atom. The summed E-state index contributed by atoms with van der Waals surface area (Å²) in [5.41, 5.74) is -1.76. The Morgan fingerprint density at radius 2 is 1.91 bits per heavy atom. The van der Waals surface area contributed by atoms with Crippen molar-refractivity contribution in [3.05, 3.63) is 41.7 Å². The molecular formula is C28H31F5N6O4. The Hall–Kier alpha value is -4.01. The highest BCUT2D eigenvalue weighted by atomic mass is 19.4. The van der Waals surface area contributed by atoms with Crippen LogP contribution >= 0.6 is 0 Å². The van der Waals surface area contributed by atoms with Crippen molar-refractivity contribution < 1.29 is 41.4 Å². The number of nitrogens with zero attached hydrogens (tertiary/aromatic N) is 4. The van der Waals surface area contributed by atoms with Crippen molar-refractivity contribution in [2.75, 3.05) is 31.5 Å². The molecule has 43 heavy (non-hydrogen) atoms. The number of fused-ring (bicyclic) bond motifs is 1. The number of aromatic nitrogens is 3. The van der Waals surface area contributed by atoms with Crippen molar-refractivity contribution in [2.45, 2.75) is 63.5 Å². The smallest absolute Gasteiger partial charge is 0.419 e. The van der Waals surface area contributed by atoms with Gasteiger partial charge in [0.15, 0.2) is 0 Å². The average Bonchev–Trinajstić information content (AvgIpc) is 3.45. The summed E-state index contributed by atoms with van der Waals surface area (Å²) in [6.07, 6.45) is -3.97. The first-order valence-corrected chi connectivity index (χ1v) is 13.7. The van der Waals surface area contributed by atoms with Gasteiger partial charge in [0.05, 0.1) is 18.8 Å². The summed E-state index contributed by atoms with van der Waals surface area (Å²) in [5, 5.41) is 12.9. The Morgan fingerprint density at radius 1 is 1.16 bits per heavy atom. The molecule has 2 fully saturated rings. The number of aliphatic hydroxyl groups excluding tert-OH is 1. The van der Waals surface area contributed by atoms with Crippen LogP contribution in [0.1, 0.15) is 49.5 Å². The van der Waals surface area contributed by atoms with Gasteiger partial charge in [0, 0.05) is 53.6 Å². The molecule has 3 N–H and O–H groups in total. The third kappa shape index (κ3) is 6.50.